The second-order valence-corrected chi connectivity index (χ2v) is 4.76. The van der Waals surface area contributed by atoms with Crippen LogP contribution in [0.5, 0.6) is 0 Å². The number of rotatable bonds is 6. The maximum atomic E-state index is 5.69. The lowest BCUT2D eigenvalue weighted by Crippen LogP contribution is -2.30. The van der Waals surface area contributed by atoms with Gasteiger partial charge in [0.25, 0.3) is 0 Å². The van der Waals surface area contributed by atoms with Gasteiger partial charge in [0.05, 0.1) is 6.04 Å². The summed E-state index contributed by atoms with van der Waals surface area (Å²) in [4.78, 5) is 4.41. The number of aryl methyl sites for hydroxylation is 3. The van der Waals surface area contributed by atoms with Gasteiger partial charge in [0.1, 0.15) is 5.82 Å². The zero-order valence-corrected chi connectivity index (χ0v) is 11.6. The van der Waals surface area contributed by atoms with Gasteiger partial charge in [0, 0.05) is 18.9 Å². The summed E-state index contributed by atoms with van der Waals surface area (Å²) in [6, 6.07) is 8.57. The number of hydrazine groups is 1. The number of nitrogens with zero attached hydrogens (tertiary/aromatic N) is 2. The predicted molar refractivity (Wildman–Crippen MR) is 77.5 cm³/mol. The van der Waals surface area contributed by atoms with Gasteiger partial charge in [-0.05, 0) is 37.8 Å². The zero-order chi connectivity index (χ0) is 13.7. The number of imidazole rings is 1. The molecule has 1 atom stereocenters. The molecule has 0 bridgehead atoms. The fourth-order valence-corrected chi connectivity index (χ4v) is 2.38. The minimum absolute atomic E-state index is 0.0922. The third-order valence-electron chi connectivity index (χ3n) is 3.56. The summed E-state index contributed by atoms with van der Waals surface area (Å²) in [7, 11) is 0. The van der Waals surface area contributed by atoms with Gasteiger partial charge in [-0.15, -0.1) is 0 Å². The molecule has 102 valence electrons. The number of nitrogens with two attached hydrogens (primary N) is 1. The Morgan fingerprint density at radius 2 is 2.16 bits per heavy atom. The Morgan fingerprint density at radius 1 is 1.37 bits per heavy atom. The Bertz CT molecular complexity index is 518. The Hall–Kier alpha value is -1.65. The van der Waals surface area contributed by atoms with Crippen LogP contribution in [0.3, 0.4) is 0 Å². The molecule has 0 saturated carbocycles. The normalized spacial score (nSPS) is 12.6. The maximum Gasteiger partial charge on any atom is 0.127 e. The summed E-state index contributed by atoms with van der Waals surface area (Å²) >= 11 is 0. The monoisotopic (exact) mass is 258 g/mol. The van der Waals surface area contributed by atoms with Crippen LogP contribution in [-0.4, -0.2) is 9.55 Å². The number of aromatic nitrogens is 2. The molecule has 0 spiro atoms. The van der Waals surface area contributed by atoms with Gasteiger partial charge in [-0.25, -0.2) is 10.4 Å². The van der Waals surface area contributed by atoms with Crippen molar-refractivity contribution in [1.82, 2.24) is 15.0 Å². The van der Waals surface area contributed by atoms with Crippen molar-refractivity contribution in [3.63, 3.8) is 0 Å². The minimum Gasteiger partial charge on any atom is -0.334 e. The third-order valence-corrected chi connectivity index (χ3v) is 3.56. The molecule has 0 fully saturated rings. The lowest BCUT2D eigenvalue weighted by atomic mass is 10.0. The number of benzene rings is 1. The van der Waals surface area contributed by atoms with E-state index in [2.05, 4.69) is 53.1 Å². The fraction of sp³-hybridized carbons (Fsp3) is 0.400. The van der Waals surface area contributed by atoms with E-state index >= 15 is 0 Å². The van der Waals surface area contributed by atoms with E-state index in [-0.39, 0.29) is 6.04 Å². The van der Waals surface area contributed by atoms with E-state index < -0.39 is 0 Å². The van der Waals surface area contributed by atoms with Crippen LogP contribution >= 0.6 is 0 Å². The van der Waals surface area contributed by atoms with Gasteiger partial charge in [0.2, 0.25) is 0 Å². The largest absolute Gasteiger partial charge is 0.334 e. The number of nitrogens with one attached hydrogen (secondary N) is 1. The van der Waals surface area contributed by atoms with Gasteiger partial charge in [-0.1, -0.05) is 24.3 Å². The van der Waals surface area contributed by atoms with Crippen molar-refractivity contribution < 1.29 is 0 Å². The highest BCUT2D eigenvalue weighted by atomic mass is 15.3. The van der Waals surface area contributed by atoms with E-state index in [1.54, 1.807) is 0 Å². The van der Waals surface area contributed by atoms with E-state index in [0.29, 0.717) is 0 Å². The second-order valence-electron chi connectivity index (χ2n) is 4.76. The molecule has 0 amide bonds. The topological polar surface area (TPSA) is 55.9 Å². The Labute approximate surface area is 114 Å². The summed E-state index contributed by atoms with van der Waals surface area (Å²) in [5.41, 5.74) is 5.59. The first-order valence-corrected chi connectivity index (χ1v) is 6.78. The van der Waals surface area contributed by atoms with Crippen molar-refractivity contribution in [2.45, 2.75) is 39.3 Å². The lowest BCUT2D eigenvalue weighted by Gasteiger charge is -2.17. The molecule has 1 aromatic heterocycles. The van der Waals surface area contributed by atoms with Crippen molar-refractivity contribution in [3.05, 3.63) is 53.6 Å². The molecule has 0 radical (unpaired) electrons. The first-order valence-electron chi connectivity index (χ1n) is 6.78. The van der Waals surface area contributed by atoms with Crippen LogP contribution in [0, 0.1) is 6.92 Å². The van der Waals surface area contributed by atoms with Gasteiger partial charge in [-0.3, -0.25) is 5.84 Å². The molecule has 4 heteroatoms. The van der Waals surface area contributed by atoms with E-state index in [9.17, 15) is 0 Å². The van der Waals surface area contributed by atoms with Gasteiger partial charge in [0.15, 0.2) is 0 Å². The molecule has 2 rings (SSSR count). The Kier molecular flexibility index (Phi) is 4.71. The van der Waals surface area contributed by atoms with Crippen molar-refractivity contribution >= 4 is 0 Å². The predicted octanol–water partition coefficient (Wildman–Crippen LogP) is 2.35. The van der Waals surface area contributed by atoms with E-state index in [1.165, 1.54) is 11.1 Å². The average molecular weight is 258 g/mol. The van der Waals surface area contributed by atoms with Crippen molar-refractivity contribution in [1.29, 1.82) is 0 Å². The highest BCUT2D eigenvalue weighted by Crippen LogP contribution is 2.18. The number of hydrogen-bond acceptors (Lipinski definition) is 3. The highest BCUT2D eigenvalue weighted by molar-refractivity contribution is 5.25. The van der Waals surface area contributed by atoms with Crippen molar-refractivity contribution in [3.8, 4) is 0 Å². The SMILES string of the molecule is CCn1ccnc1C(CCc1ccccc1C)NN. The van der Waals surface area contributed by atoms with Crippen LogP contribution in [-0.2, 0) is 13.0 Å². The fourth-order valence-electron chi connectivity index (χ4n) is 2.38. The minimum atomic E-state index is 0.0922. The third kappa shape index (κ3) is 3.22. The van der Waals surface area contributed by atoms with Crippen LogP contribution in [0.4, 0.5) is 0 Å². The molecule has 1 unspecified atom stereocenters. The maximum absolute atomic E-state index is 5.69. The molecule has 3 N–H and O–H groups in total. The van der Waals surface area contributed by atoms with E-state index in [0.717, 1.165) is 25.2 Å². The molecule has 0 saturated heterocycles. The first-order chi connectivity index (χ1) is 9.26. The Balaban J connectivity index is 2.06. The standard InChI is InChI=1S/C15H22N4/c1-3-19-11-10-17-15(19)14(18-16)9-8-13-7-5-4-6-12(13)2/h4-7,10-11,14,18H,3,8-9,16H2,1-2H3. The summed E-state index contributed by atoms with van der Waals surface area (Å²) in [5.74, 6) is 6.70. The molecule has 1 aromatic carbocycles. The second kappa shape index (κ2) is 6.50. The lowest BCUT2D eigenvalue weighted by molar-refractivity contribution is 0.469. The van der Waals surface area contributed by atoms with E-state index in [1.807, 2.05) is 12.4 Å². The molecule has 4 nitrogen and oxygen atoms in total. The van der Waals surface area contributed by atoms with Crippen LogP contribution in [0.15, 0.2) is 36.7 Å². The number of hydrogen-bond donors (Lipinski definition) is 2. The van der Waals surface area contributed by atoms with Gasteiger partial charge in [-0.2, -0.15) is 0 Å². The first kappa shape index (κ1) is 13.8. The quantitative estimate of drug-likeness (QED) is 0.617. The summed E-state index contributed by atoms with van der Waals surface area (Å²) < 4.78 is 2.13. The van der Waals surface area contributed by atoms with Crippen LogP contribution in [0.1, 0.15) is 36.3 Å². The van der Waals surface area contributed by atoms with Crippen molar-refractivity contribution in [2.24, 2.45) is 5.84 Å². The van der Waals surface area contributed by atoms with Crippen LogP contribution in [0.2, 0.25) is 0 Å². The van der Waals surface area contributed by atoms with E-state index in [4.69, 9.17) is 5.84 Å². The highest BCUT2D eigenvalue weighted by Gasteiger charge is 2.15. The average Bonchev–Trinajstić information content (AvgIpc) is 2.90. The Morgan fingerprint density at radius 3 is 2.84 bits per heavy atom. The molecule has 19 heavy (non-hydrogen) atoms. The molecule has 1 heterocycles. The van der Waals surface area contributed by atoms with Crippen LogP contribution < -0.4 is 11.3 Å². The smallest absolute Gasteiger partial charge is 0.127 e. The zero-order valence-electron chi connectivity index (χ0n) is 11.6. The molecule has 0 aliphatic rings. The molecule has 2 aromatic rings. The molecule has 0 aliphatic carbocycles. The molecular formula is C15H22N4. The summed E-state index contributed by atoms with van der Waals surface area (Å²) in [6.45, 7) is 5.17. The van der Waals surface area contributed by atoms with Gasteiger partial charge < -0.3 is 4.57 Å². The van der Waals surface area contributed by atoms with Crippen LogP contribution in [0.25, 0.3) is 0 Å². The van der Waals surface area contributed by atoms with Gasteiger partial charge >= 0.3 is 0 Å². The summed E-state index contributed by atoms with van der Waals surface area (Å²) in [5, 5.41) is 0. The molecular weight excluding hydrogens is 236 g/mol. The summed E-state index contributed by atoms with van der Waals surface area (Å²) in [6.07, 6.45) is 5.76. The molecule has 0 aliphatic heterocycles. The van der Waals surface area contributed by atoms with Crippen molar-refractivity contribution in [2.75, 3.05) is 0 Å².